The maximum absolute atomic E-state index is 12.6. The van der Waals surface area contributed by atoms with Crippen molar-refractivity contribution < 1.29 is 99.6 Å². The number of hydrogen-bond acceptors (Lipinski definition) is 22. The van der Waals surface area contributed by atoms with Gasteiger partial charge in [-0.25, -0.2) is 39.5 Å². The Morgan fingerprint density at radius 2 is 1.15 bits per heavy atom. The van der Waals surface area contributed by atoms with Gasteiger partial charge in [0.05, 0.1) is 80.1 Å². The molecule has 452 valence electrons. The summed E-state index contributed by atoms with van der Waals surface area (Å²) in [4.78, 5) is 62.9. The Morgan fingerprint density at radius 3 is 1.65 bits per heavy atom. The number of nitrogens with zero attached hydrogens (tertiary/aromatic N) is 10. The van der Waals surface area contributed by atoms with Crippen molar-refractivity contribution in [1.29, 1.82) is 0 Å². The minimum Gasteiger partial charge on any atom is -0.776 e. The molecule has 0 unspecified atom stereocenters. The third-order valence-electron chi connectivity index (χ3n) is 16.9. The van der Waals surface area contributed by atoms with Crippen molar-refractivity contribution in [3.63, 3.8) is 0 Å². The van der Waals surface area contributed by atoms with Crippen molar-refractivity contribution in [3.8, 4) is 11.5 Å². The quantitative estimate of drug-likeness (QED) is 0.137. The molecule has 8 aliphatic rings. The molecule has 22 nitrogen and oxygen atoms in total. The number of aliphatic hydroxyl groups excluding tert-OH is 2. The molecule has 4 aromatic rings. The molecular formula is C58H80BrKN12O10S2. The number of pyridine rings is 2. The molecule has 6 fully saturated rings. The number of aromatic nitrogens is 6. The summed E-state index contributed by atoms with van der Waals surface area (Å²) in [7, 11) is 0. The number of halogens is 1. The summed E-state index contributed by atoms with van der Waals surface area (Å²) in [5.74, 6) is 4.87. The summed E-state index contributed by atoms with van der Waals surface area (Å²) < 4.78 is 35.4. The minimum atomic E-state index is -0.562. The first kappa shape index (κ1) is 64.8. The first-order valence-electron chi connectivity index (χ1n) is 29.1. The van der Waals surface area contributed by atoms with Gasteiger partial charge in [0.2, 0.25) is 0 Å². The molecule has 26 heteroatoms. The van der Waals surface area contributed by atoms with Crippen LogP contribution in [0.25, 0.3) is 0 Å². The second-order valence-corrected chi connectivity index (χ2v) is 27.2. The number of carbonyl (C=O) groups is 2. The molecule has 12 heterocycles. The van der Waals surface area contributed by atoms with E-state index in [2.05, 4.69) is 66.1 Å². The van der Waals surface area contributed by atoms with Crippen LogP contribution in [-0.4, -0.2) is 166 Å². The van der Waals surface area contributed by atoms with Crippen molar-refractivity contribution in [2.45, 2.75) is 182 Å². The predicted octanol–water partition coefficient (Wildman–Crippen LogP) is 4.76. The van der Waals surface area contributed by atoms with Gasteiger partial charge in [-0.2, -0.15) is 0 Å². The smallest absolute Gasteiger partial charge is 0.776 e. The topological polar surface area (TPSA) is 244 Å². The van der Waals surface area contributed by atoms with Crippen LogP contribution >= 0.6 is 27.7 Å². The summed E-state index contributed by atoms with van der Waals surface area (Å²) >= 11 is 9.99. The zero-order chi connectivity index (χ0) is 58.8. The van der Waals surface area contributed by atoms with Crippen molar-refractivity contribution in [1.82, 2.24) is 40.5 Å². The molecule has 4 aromatic heterocycles. The number of piperidine rings is 2. The normalized spacial score (nSPS) is 24.4. The second-order valence-electron chi connectivity index (χ2n) is 24.9. The maximum Gasteiger partial charge on any atom is 1.00 e. The molecule has 0 aliphatic carbocycles. The summed E-state index contributed by atoms with van der Waals surface area (Å²) in [6.07, 6.45) is 14.1. The number of aliphatic hydroxyl groups is 2. The van der Waals surface area contributed by atoms with Crippen LogP contribution < -0.4 is 91.1 Å². The molecule has 0 saturated carbocycles. The maximum atomic E-state index is 12.6. The fourth-order valence-corrected chi connectivity index (χ4v) is 14.2. The monoisotopic (exact) mass is 1290 g/mol. The van der Waals surface area contributed by atoms with E-state index in [0.717, 1.165) is 117 Å². The van der Waals surface area contributed by atoms with Gasteiger partial charge < -0.3 is 81.5 Å². The van der Waals surface area contributed by atoms with Crippen LogP contribution in [0, 0.1) is 10.8 Å². The van der Waals surface area contributed by atoms with Crippen molar-refractivity contribution in [2.24, 2.45) is 10.8 Å². The van der Waals surface area contributed by atoms with Crippen LogP contribution in [0.3, 0.4) is 0 Å². The van der Waals surface area contributed by atoms with Crippen LogP contribution in [0.5, 0.6) is 11.5 Å². The van der Waals surface area contributed by atoms with Gasteiger partial charge >= 0.3 is 63.6 Å². The zero-order valence-corrected chi connectivity index (χ0v) is 56.2. The number of hydrogen-bond donors (Lipinski definition) is 4. The number of nitrogens with one attached hydrogen (secondary N) is 2. The van der Waals surface area contributed by atoms with E-state index in [1.54, 1.807) is 18.6 Å². The molecule has 2 spiro atoms. The van der Waals surface area contributed by atoms with Crippen molar-refractivity contribution in [3.05, 3.63) is 52.9 Å². The molecular weight excluding hydrogens is 1210 g/mol. The first-order chi connectivity index (χ1) is 39.6. The molecule has 0 aromatic carbocycles. The van der Waals surface area contributed by atoms with Crippen LogP contribution in [0.1, 0.15) is 118 Å². The number of amides is 2. The van der Waals surface area contributed by atoms with E-state index in [9.17, 15) is 19.8 Å². The van der Waals surface area contributed by atoms with Crippen LogP contribution in [0.2, 0.25) is 0 Å². The van der Waals surface area contributed by atoms with E-state index in [1.807, 2.05) is 73.7 Å². The number of rotatable bonds is 8. The van der Waals surface area contributed by atoms with Crippen LogP contribution in [0.4, 0.5) is 32.9 Å². The summed E-state index contributed by atoms with van der Waals surface area (Å²) in [6, 6.07) is 4.46. The summed E-state index contributed by atoms with van der Waals surface area (Å²) in [5, 5.41) is 26.7. The largest absolute Gasteiger partial charge is 1.00 e. The average molecular weight is 1290 g/mol. The Labute approximate surface area is 553 Å². The van der Waals surface area contributed by atoms with Gasteiger partial charge in [0.1, 0.15) is 51.2 Å². The van der Waals surface area contributed by atoms with Gasteiger partial charge in [0, 0.05) is 62.5 Å². The molecule has 6 atom stereocenters. The number of fused-ring (bicyclic) bond motifs is 6. The van der Waals surface area contributed by atoms with Gasteiger partial charge in [-0.3, -0.25) is 0 Å². The summed E-state index contributed by atoms with van der Waals surface area (Å²) in [5.41, 5.74) is -0.296. The standard InChI is InChI=1S/C29H40N6O5S.C19H29BrN4O4.C10H12N2OS.K/c1-18-24(33-27(37)40-28(2,3)4)29(17-39-18)8-12-34(13-9-29)25-20(15-36)32-22(14-31-25)41-21-7-10-30-26-23(21)38-16-19-6-5-11-35(19)26;1-12-15(23-17(26)28-18(2,3)4)19(11-27-12)5-7-24(8-6-19)16-13(10-25)22-14(20)9-21-16;14-8-3-4-11-10-9(8)13-6-7-2-1-5-12(7)10;/h7,10,14,18-19,24,36H,5-6,8-9,11-13,15-17H2,1-4H3,(H,33,37);9,12,15,25H,5-8,10-11H2,1-4H3,(H,23,26);3-4,7H,1-2,5-6H2,(H,11,14);/q;;;+1/p-1/t18-,19-,24+;12-,15+;7-;/m000./s1. The molecule has 12 rings (SSSR count). The minimum absolute atomic E-state index is 0. The molecule has 84 heavy (non-hydrogen) atoms. The van der Waals surface area contributed by atoms with Gasteiger partial charge in [0.25, 0.3) is 0 Å². The Bertz CT molecular complexity index is 2950. The van der Waals surface area contributed by atoms with E-state index in [4.69, 9.17) is 51.0 Å². The third kappa shape index (κ3) is 14.7. The van der Waals surface area contributed by atoms with Gasteiger partial charge in [0.15, 0.2) is 29.0 Å². The Balaban J connectivity index is 0.000000169. The molecule has 0 radical (unpaired) electrons. The van der Waals surface area contributed by atoms with Crippen LogP contribution in [0.15, 0.2) is 56.3 Å². The van der Waals surface area contributed by atoms with E-state index >= 15 is 0 Å². The SMILES string of the molecule is C[C@@H]1OCC2(CCN(c3ncc(Br)nc3CO)CC2)[C@@H]1NC(=O)OC(C)(C)C.C[C@@H]1OCC2(CCN(c3ncc(Sc4ccnc5c4OC[C@@H]4CCCN54)nc3CO)CC2)[C@@H]1NC(=O)OC(C)(C)C.[K+].[S-]c1ccnc2c1OC[C@@H]1CCCN21. The van der Waals surface area contributed by atoms with Gasteiger partial charge in [-0.15, -0.1) is 4.90 Å². The van der Waals surface area contributed by atoms with Crippen LogP contribution in [-0.2, 0) is 44.8 Å². The molecule has 8 aliphatic heterocycles. The van der Waals surface area contributed by atoms with E-state index in [-0.39, 0.29) is 99.7 Å². The Kier molecular flexibility index (Phi) is 21.1. The van der Waals surface area contributed by atoms with Crippen molar-refractivity contribution in [2.75, 3.05) is 85.3 Å². The predicted molar refractivity (Wildman–Crippen MR) is 318 cm³/mol. The molecule has 6 saturated heterocycles. The fraction of sp³-hybridized carbons (Fsp3) is 0.655. The number of carbonyl (C=O) groups excluding carboxylic acids is 2. The van der Waals surface area contributed by atoms with E-state index < -0.39 is 23.4 Å². The van der Waals surface area contributed by atoms with E-state index in [0.29, 0.717) is 64.6 Å². The first-order valence-corrected chi connectivity index (χ1v) is 31.1. The Hall–Kier alpha value is -3.67. The second kappa shape index (κ2) is 27.4. The fourth-order valence-electron chi connectivity index (χ4n) is 12.8. The molecule has 2 amide bonds. The summed E-state index contributed by atoms with van der Waals surface area (Å²) in [6.45, 7) is 22.5. The average Bonchev–Trinajstić information content (AvgIpc) is 4.14. The zero-order valence-electron chi connectivity index (χ0n) is 49.9. The third-order valence-corrected chi connectivity index (χ3v) is 18.6. The number of alkyl carbamates (subject to hydrolysis) is 2. The molecule has 4 N–H and O–H groups in total. The molecule has 0 bridgehead atoms. The van der Waals surface area contributed by atoms with Gasteiger partial charge in [-0.05, 0) is 129 Å². The number of anilines is 4. The van der Waals surface area contributed by atoms with E-state index in [1.165, 1.54) is 24.6 Å². The number of ether oxygens (including phenoxy) is 6. The van der Waals surface area contributed by atoms with Gasteiger partial charge in [-0.1, -0.05) is 17.8 Å². The van der Waals surface area contributed by atoms with Crippen molar-refractivity contribution >= 4 is 75.8 Å². The Morgan fingerprint density at radius 1 is 0.690 bits per heavy atom.